The Labute approximate surface area is 169 Å². The van der Waals surface area contributed by atoms with Crippen LogP contribution in [0.25, 0.3) is 0 Å². The lowest BCUT2D eigenvalue weighted by molar-refractivity contribution is -0.0501. The van der Waals surface area contributed by atoms with Gasteiger partial charge in [-0.2, -0.15) is 0 Å². The van der Waals surface area contributed by atoms with E-state index >= 15 is 0 Å². The molecule has 2 saturated carbocycles. The topological polar surface area (TPSA) is 64.5 Å². The van der Waals surface area contributed by atoms with Crippen molar-refractivity contribution in [2.45, 2.75) is 71.4 Å². The van der Waals surface area contributed by atoms with Gasteiger partial charge in [0.05, 0.1) is 11.9 Å². The summed E-state index contributed by atoms with van der Waals surface area (Å²) in [5, 5.41) is 28.6. The number of hydrogen-bond acceptors (Lipinski definition) is 4. The van der Waals surface area contributed by atoms with E-state index in [0.29, 0.717) is 29.4 Å². The number of aliphatic hydroxyl groups is 2. The number of aliphatic hydroxyl groups excluding tert-OH is 2. The van der Waals surface area contributed by atoms with E-state index in [1.54, 1.807) is 0 Å². The molecule has 4 heteroatoms. The van der Waals surface area contributed by atoms with E-state index in [1.807, 2.05) is 0 Å². The summed E-state index contributed by atoms with van der Waals surface area (Å²) in [7, 11) is 0. The second-order valence-electron chi connectivity index (χ2n) is 10.9. The van der Waals surface area contributed by atoms with Crippen molar-refractivity contribution in [3.63, 3.8) is 0 Å². The SMILES string of the molecule is CC1C=C2CC(O)CC[C@]2(C)[C@@H]2CC[C@]3(C)C(C4CNCCN4)=C(O)C[C@H]3[C@H]12. The van der Waals surface area contributed by atoms with Gasteiger partial charge in [0.15, 0.2) is 0 Å². The van der Waals surface area contributed by atoms with Crippen molar-refractivity contribution in [2.24, 2.45) is 34.5 Å². The average molecular weight is 387 g/mol. The van der Waals surface area contributed by atoms with Gasteiger partial charge in [-0.15, -0.1) is 0 Å². The minimum Gasteiger partial charge on any atom is -0.512 e. The van der Waals surface area contributed by atoms with Gasteiger partial charge in [-0.25, -0.2) is 0 Å². The Morgan fingerprint density at radius 1 is 1.04 bits per heavy atom. The lowest BCUT2D eigenvalue weighted by atomic mass is 9.45. The predicted molar refractivity (Wildman–Crippen MR) is 112 cm³/mol. The molecule has 5 rings (SSSR count). The molecule has 8 atom stereocenters. The Kier molecular flexibility index (Phi) is 4.50. The number of rotatable bonds is 1. The molecule has 5 aliphatic rings. The highest BCUT2D eigenvalue weighted by Gasteiger charge is 2.60. The fourth-order valence-corrected chi connectivity index (χ4v) is 8.14. The third-order valence-corrected chi connectivity index (χ3v) is 9.53. The molecule has 0 amide bonds. The Bertz CT molecular complexity index is 709. The summed E-state index contributed by atoms with van der Waals surface area (Å²) in [5.74, 6) is 3.09. The smallest absolute Gasteiger partial charge is 0.0939 e. The van der Waals surface area contributed by atoms with Crippen LogP contribution in [0.1, 0.15) is 59.3 Å². The maximum atomic E-state index is 11.1. The Hall–Kier alpha value is -0.840. The summed E-state index contributed by atoms with van der Waals surface area (Å²) in [6.07, 6.45) is 8.61. The van der Waals surface area contributed by atoms with E-state index in [2.05, 4.69) is 37.5 Å². The number of hydrogen-bond donors (Lipinski definition) is 4. The molecule has 3 unspecified atom stereocenters. The minimum atomic E-state index is -0.148. The van der Waals surface area contributed by atoms with Crippen LogP contribution in [0.15, 0.2) is 23.0 Å². The van der Waals surface area contributed by atoms with Gasteiger partial charge in [-0.05, 0) is 72.2 Å². The predicted octanol–water partition coefficient (Wildman–Crippen LogP) is 3.54. The van der Waals surface area contributed by atoms with Crippen molar-refractivity contribution < 1.29 is 10.2 Å². The summed E-state index contributed by atoms with van der Waals surface area (Å²) in [6.45, 7) is 10.3. The monoisotopic (exact) mass is 386 g/mol. The average Bonchev–Trinajstić information content (AvgIpc) is 2.94. The highest BCUT2D eigenvalue weighted by molar-refractivity contribution is 5.36. The summed E-state index contributed by atoms with van der Waals surface area (Å²) in [5.41, 5.74) is 3.21. The lowest BCUT2D eigenvalue weighted by Crippen LogP contribution is -2.55. The molecule has 0 spiro atoms. The zero-order valence-electron chi connectivity index (χ0n) is 17.8. The summed E-state index contributed by atoms with van der Waals surface area (Å²) in [4.78, 5) is 0. The van der Waals surface area contributed by atoms with E-state index in [1.165, 1.54) is 24.0 Å². The Balaban J connectivity index is 1.49. The normalized spacial score (nSPS) is 51.2. The van der Waals surface area contributed by atoms with Gasteiger partial charge in [-0.3, -0.25) is 0 Å². The van der Waals surface area contributed by atoms with E-state index in [4.69, 9.17) is 0 Å². The number of fused-ring (bicyclic) bond motifs is 5. The molecule has 0 aromatic rings. The molecule has 4 nitrogen and oxygen atoms in total. The first-order valence-electron chi connectivity index (χ1n) is 11.6. The third-order valence-electron chi connectivity index (χ3n) is 9.53. The summed E-state index contributed by atoms with van der Waals surface area (Å²) >= 11 is 0. The van der Waals surface area contributed by atoms with Crippen LogP contribution in [-0.2, 0) is 0 Å². The van der Waals surface area contributed by atoms with Gasteiger partial charge in [0.1, 0.15) is 0 Å². The maximum absolute atomic E-state index is 11.1. The van der Waals surface area contributed by atoms with Crippen molar-refractivity contribution >= 4 is 0 Å². The first kappa shape index (κ1) is 19.1. The molecule has 156 valence electrons. The maximum Gasteiger partial charge on any atom is 0.0939 e. The van der Waals surface area contributed by atoms with Crippen LogP contribution in [0.3, 0.4) is 0 Å². The fourth-order valence-electron chi connectivity index (χ4n) is 8.14. The van der Waals surface area contributed by atoms with Gasteiger partial charge >= 0.3 is 0 Å². The second-order valence-corrected chi connectivity index (χ2v) is 10.9. The van der Waals surface area contributed by atoms with Crippen molar-refractivity contribution in [2.75, 3.05) is 19.6 Å². The van der Waals surface area contributed by atoms with E-state index < -0.39 is 0 Å². The second kappa shape index (κ2) is 6.58. The van der Waals surface area contributed by atoms with Crippen molar-refractivity contribution in [3.8, 4) is 0 Å². The largest absolute Gasteiger partial charge is 0.512 e. The first-order chi connectivity index (χ1) is 13.3. The first-order valence-corrected chi connectivity index (χ1v) is 11.6. The van der Waals surface area contributed by atoms with Crippen molar-refractivity contribution in [1.82, 2.24) is 10.6 Å². The number of allylic oxidation sites excluding steroid dienone is 2. The molecular weight excluding hydrogens is 348 g/mol. The van der Waals surface area contributed by atoms with Gasteiger partial charge in [0, 0.05) is 32.1 Å². The molecule has 0 radical (unpaired) electrons. The van der Waals surface area contributed by atoms with Crippen LogP contribution in [-0.4, -0.2) is 42.0 Å². The summed E-state index contributed by atoms with van der Waals surface area (Å²) < 4.78 is 0. The van der Waals surface area contributed by atoms with Gasteiger partial charge in [0.2, 0.25) is 0 Å². The molecule has 1 aliphatic heterocycles. The fraction of sp³-hybridized carbons (Fsp3) is 0.833. The molecule has 3 fully saturated rings. The van der Waals surface area contributed by atoms with Crippen LogP contribution in [0.5, 0.6) is 0 Å². The standard InChI is InChI=1S/C24H38N2O2/c1-14-10-15-11-16(27)4-6-23(15,2)17-5-7-24(3)18(21(14)17)12-20(28)22(24)19-13-25-8-9-26-19/h10,14,16-19,21,25-28H,4-9,11-13H2,1-3H3/t14?,16?,17-,18+,19?,21-,23+,24+/m1/s1. The molecule has 0 aromatic carbocycles. The molecular formula is C24H38N2O2. The Morgan fingerprint density at radius 2 is 1.82 bits per heavy atom. The molecule has 0 bridgehead atoms. The molecule has 4 aliphatic carbocycles. The Morgan fingerprint density at radius 3 is 2.57 bits per heavy atom. The third kappa shape index (κ3) is 2.60. The lowest BCUT2D eigenvalue weighted by Gasteiger charge is -2.59. The van der Waals surface area contributed by atoms with Gasteiger partial charge in [-0.1, -0.05) is 32.4 Å². The van der Waals surface area contributed by atoms with Gasteiger partial charge in [0.25, 0.3) is 0 Å². The van der Waals surface area contributed by atoms with Gasteiger partial charge < -0.3 is 20.8 Å². The van der Waals surface area contributed by atoms with E-state index in [-0.39, 0.29) is 23.0 Å². The number of nitrogens with one attached hydrogen (secondary N) is 2. The summed E-state index contributed by atoms with van der Waals surface area (Å²) in [6, 6.07) is 0.283. The van der Waals surface area contributed by atoms with E-state index in [9.17, 15) is 10.2 Å². The minimum absolute atomic E-state index is 0.117. The highest BCUT2D eigenvalue weighted by Crippen LogP contribution is 2.67. The van der Waals surface area contributed by atoms with E-state index in [0.717, 1.165) is 45.3 Å². The van der Waals surface area contributed by atoms with Crippen LogP contribution >= 0.6 is 0 Å². The zero-order valence-corrected chi connectivity index (χ0v) is 17.8. The van der Waals surface area contributed by atoms with Crippen LogP contribution < -0.4 is 10.6 Å². The molecule has 1 heterocycles. The molecule has 0 aromatic heterocycles. The molecule has 4 N–H and O–H groups in total. The number of piperazine rings is 1. The van der Waals surface area contributed by atoms with Crippen LogP contribution in [0.2, 0.25) is 0 Å². The van der Waals surface area contributed by atoms with Crippen molar-refractivity contribution in [1.29, 1.82) is 0 Å². The quantitative estimate of drug-likeness (QED) is 0.521. The molecule has 1 saturated heterocycles. The van der Waals surface area contributed by atoms with Crippen LogP contribution in [0, 0.1) is 34.5 Å². The highest BCUT2D eigenvalue weighted by atomic mass is 16.3. The van der Waals surface area contributed by atoms with Crippen molar-refractivity contribution in [3.05, 3.63) is 23.0 Å². The van der Waals surface area contributed by atoms with Crippen LogP contribution in [0.4, 0.5) is 0 Å². The zero-order chi connectivity index (χ0) is 19.7. The molecule has 28 heavy (non-hydrogen) atoms.